The average molecular weight is 324 g/mol. The number of hydrogen-bond acceptors (Lipinski definition) is 3. The average Bonchev–Trinajstić information content (AvgIpc) is 2.89. The molecule has 0 aliphatic carbocycles. The summed E-state index contributed by atoms with van der Waals surface area (Å²) in [6, 6.07) is 12.1. The first-order valence-electron chi connectivity index (χ1n) is 8.57. The number of ether oxygens (including phenoxy) is 1. The molecule has 0 radical (unpaired) electrons. The van der Waals surface area contributed by atoms with E-state index in [1.54, 1.807) is 19.5 Å². The molecule has 0 unspecified atom stereocenters. The lowest BCUT2D eigenvalue weighted by molar-refractivity contribution is -0.130. The first kappa shape index (κ1) is 16.5. The summed E-state index contributed by atoms with van der Waals surface area (Å²) in [5, 5.41) is 0. The van der Waals surface area contributed by atoms with Crippen LogP contribution in [0, 0.1) is 0 Å². The number of aromatic nitrogens is 1. The van der Waals surface area contributed by atoms with E-state index >= 15 is 0 Å². The number of methoxy groups -OCH3 is 1. The van der Waals surface area contributed by atoms with E-state index < -0.39 is 0 Å². The van der Waals surface area contributed by atoms with Gasteiger partial charge in [0.05, 0.1) is 13.5 Å². The quantitative estimate of drug-likeness (QED) is 0.865. The standard InChI is InChI=1S/C20H24N2O2/c1-24-19-9-7-17(8-10-19)18-6-2-3-12-22(15-18)20(23)13-16-5-4-11-21-14-16/h4-5,7-11,14,18H,2-3,6,12-13,15H2,1H3/t18-/m1/s1. The monoisotopic (exact) mass is 324 g/mol. The fourth-order valence-electron chi connectivity index (χ4n) is 3.31. The molecule has 0 bridgehead atoms. The van der Waals surface area contributed by atoms with Crippen molar-refractivity contribution < 1.29 is 9.53 Å². The number of rotatable bonds is 4. The Morgan fingerprint density at radius 3 is 2.79 bits per heavy atom. The van der Waals surface area contributed by atoms with E-state index in [0.717, 1.165) is 43.7 Å². The maximum atomic E-state index is 12.7. The minimum atomic E-state index is 0.198. The SMILES string of the molecule is COc1ccc([C@@H]2CCCCN(C(=O)Cc3cccnc3)C2)cc1. The van der Waals surface area contributed by atoms with E-state index in [-0.39, 0.29) is 5.91 Å². The van der Waals surface area contributed by atoms with Crippen molar-refractivity contribution in [2.75, 3.05) is 20.2 Å². The summed E-state index contributed by atoms with van der Waals surface area (Å²) in [6.45, 7) is 1.65. The molecule has 1 aromatic carbocycles. The van der Waals surface area contributed by atoms with Crippen LogP contribution in [-0.2, 0) is 11.2 Å². The van der Waals surface area contributed by atoms with Gasteiger partial charge in [0.1, 0.15) is 5.75 Å². The lowest BCUT2D eigenvalue weighted by atomic mass is 9.94. The summed E-state index contributed by atoms with van der Waals surface area (Å²) in [5.74, 6) is 1.47. The Balaban J connectivity index is 1.68. The lowest BCUT2D eigenvalue weighted by Crippen LogP contribution is -2.35. The number of carbonyl (C=O) groups excluding carboxylic acids is 1. The normalized spacial score (nSPS) is 18.0. The van der Waals surface area contributed by atoms with Gasteiger partial charge in [-0.3, -0.25) is 9.78 Å². The molecule has 0 N–H and O–H groups in total. The van der Waals surface area contributed by atoms with E-state index in [0.29, 0.717) is 12.3 Å². The lowest BCUT2D eigenvalue weighted by Gasteiger charge is -2.25. The van der Waals surface area contributed by atoms with Crippen molar-refractivity contribution in [1.82, 2.24) is 9.88 Å². The molecule has 3 rings (SSSR count). The Bertz CT molecular complexity index is 655. The van der Waals surface area contributed by atoms with Crippen molar-refractivity contribution in [2.24, 2.45) is 0 Å². The largest absolute Gasteiger partial charge is 0.497 e. The van der Waals surface area contributed by atoms with Gasteiger partial charge in [-0.05, 0) is 42.2 Å². The second-order valence-electron chi connectivity index (χ2n) is 6.34. The van der Waals surface area contributed by atoms with Crippen molar-refractivity contribution in [2.45, 2.75) is 31.6 Å². The third-order valence-electron chi connectivity index (χ3n) is 4.69. The molecule has 24 heavy (non-hydrogen) atoms. The molecule has 0 saturated carbocycles. The molecular formula is C20H24N2O2. The van der Waals surface area contributed by atoms with Crippen molar-refractivity contribution in [3.8, 4) is 5.75 Å². The summed E-state index contributed by atoms with van der Waals surface area (Å²) in [6.07, 6.45) is 7.31. The van der Waals surface area contributed by atoms with Crippen LogP contribution in [0.4, 0.5) is 0 Å². The molecule has 4 heteroatoms. The molecule has 1 atom stereocenters. The van der Waals surface area contributed by atoms with E-state index in [1.807, 2.05) is 29.2 Å². The molecule has 4 nitrogen and oxygen atoms in total. The second-order valence-corrected chi connectivity index (χ2v) is 6.34. The topological polar surface area (TPSA) is 42.4 Å². The van der Waals surface area contributed by atoms with Gasteiger partial charge in [-0.25, -0.2) is 0 Å². The van der Waals surface area contributed by atoms with Crippen molar-refractivity contribution in [1.29, 1.82) is 0 Å². The third kappa shape index (κ3) is 4.13. The molecule has 126 valence electrons. The number of benzene rings is 1. The van der Waals surface area contributed by atoms with Crippen molar-refractivity contribution >= 4 is 5.91 Å². The van der Waals surface area contributed by atoms with Gasteiger partial charge in [-0.1, -0.05) is 24.6 Å². The Morgan fingerprint density at radius 2 is 2.08 bits per heavy atom. The number of likely N-dealkylation sites (tertiary alicyclic amines) is 1. The maximum absolute atomic E-state index is 12.7. The minimum Gasteiger partial charge on any atom is -0.497 e. The van der Waals surface area contributed by atoms with E-state index in [9.17, 15) is 4.79 Å². The Morgan fingerprint density at radius 1 is 1.25 bits per heavy atom. The molecule has 2 aromatic rings. The molecule has 0 spiro atoms. The molecular weight excluding hydrogens is 300 g/mol. The fraction of sp³-hybridized carbons (Fsp3) is 0.400. The number of nitrogens with zero attached hydrogens (tertiary/aromatic N) is 2. The summed E-state index contributed by atoms with van der Waals surface area (Å²) in [5.41, 5.74) is 2.27. The van der Waals surface area contributed by atoms with Crippen LogP contribution in [0.2, 0.25) is 0 Å². The highest BCUT2D eigenvalue weighted by molar-refractivity contribution is 5.78. The van der Waals surface area contributed by atoms with Gasteiger partial charge in [0, 0.05) is 31.4 Å². The number of pyridine rings is 1. The molecule has 1 aromatic heterocycles. The predicted octanol–water partition coefficient (Wildman–Crippen LogP) is 3.43. The van der Waals surface area contributed by atoms with Gasteiger partial charge >= 0.3 is 0 Å². The molecule has 1 aliphatic heterocycles. The van der Waals surface area contributed by atoms with E-state index in [4.69, 9.17) is 4.74 Å². The van der Waals surface area contributed by atoms with Gasteiger partial charge < -0.3 is 9.64 Å². The second kappa shape index (κ2) is 7.95. The van der Waals surface area contributed by atoms with Crippen LogP contribution in [0.15, 0.2) is 48.8 Å². The maximum Gasteiger partial charge on any atom is 0.227 e. The smallest absolute Gasteiger partial charge is 0.227 e. The zero-order valence-electron chi connectivity index (χ0n) is 14.1. The van der Waals surface area contributed by atoms with Gasteiger partial charge in [0.2, 0.25) is 5.91 Å². The molecule has 2 heterocycles. The summed E-state index contributed by atoms with van der Waals surface area (Å²) in [7, 11) is 1.68. The van der Waals surface area contributed by atoms with Gasteiger partial charge in [-0.15, -0.1) is 0 Å². The Labute approximate surface area is 143 Å². The minimum absolute atomic E-state index is 0.198. The van der Waals surface area contributed by atoms with Gasteiger partial charge in [0.15, 0.2) is 0 Å². The van der Waals surface area contributed by atoms with Gasteiger partial charge in [-0.2, -0.15) is 0 Å². The third-order valence-corrected chi connectivity index (χ3v) is 4.69. The first-order valence-corrected chi connectivity index (χ1v) is 8.57. The molecule has 1 aliphatic rings. The van der Waals surface area contributed by atoms with Crippen LogP contribution in [0.25, 0.3) is 0 Å². The fourth-order valence-corrected chi connectivity index (χ4v) is 3.31. The number of carbonyl (C=O) groups is 1. The van der Waals surface area contributed by atoms with E-state index in [2.05, 4.69) is 17.1 Å². The molecule has 1 saturated heterocycles. The first-order chi connectivity index (χ1) is 11.8. The van der Waals surface area contributed by atoms with Crippen molar-refractivity contribution in [3.05, 3.63) is 59.9 Å². The Hall–Kier alpha value is -2.36. The highest BCUT2D eigenvalue weighted by atomic mass is 16.5. The van der Waals surface area contributed by atoms with Crippen LogP contribution in [0.1, 0.15) is 36.3 Å². The van der Waals surface area contributed by atoms with Crippen LogP contribution in [0.3, 0.4) is 0 Å². The van der Waals surface area contributed by atoms with Crippen LogP contribution in [0.5, 0.6) is 5.75 Å². The van der Waals surface area contributed by atoms with Crippen molar-refractivity contribution in [3.63, 3.8) is 0 Å². The molecule has 1 fully saturated rings. The Kier molecular flexibility index (Phi) is 5.47. The number of amides is 1. The number of hydrogen-bond donors (Lipinski definition) is 0. The highest BCUT2D eigenvalue weighted by Gasteiger charge is 2.23. The highest BCUT2D eigenvalue weighted by Crippen LogP contribution is 2.28. The van der Waals surface area contributed by atoms with Crippen LogP contribution < -0.4 is 4.74 Å². The molecule has 1 amide bonds. The predicted molar refractivity (Wildman–Crippen MR) is 94.1 cm³/mol. The summed E-state index contributed by atoms with van der Waals surface area (Å²) in [4.78, 5) is 18.8. The van der Waals surface area contributed by atoms with Gasteiger partial charge in [0.25, 0.3) is 0 Å². The van der Waals surface area contributed by atoms with Crippen LogP contribution in [-0.4, -0.2) is 36.0 Å². The summed E-state index contributed by atoms with van der Waals surface area (Å²) >= 11 is 0. The zero-order valence-corrected chi connectivity index (χ0v) is 14.1. The van der Waals surface area contributed by atoms with Crippen LogP contribution >= 0.6 is 0 Å². The summed E-state index contributed by atoms with van der Waals surface area (Å²) < 4.78 is 5.24. The zero-order chi connectivity index (χ0) is 16.8. The van der Waals surface area contributed by atoms with E-state index in [1.165, 1.54) is 5.56 Å².